The van der Waals surface area contributed by atoms with E-state index in [-0.39, 0.29) is 11.7 Å². The summed E-state index contributed by atoms with van der Waals surface area (Å²) in [6.45, 7) is 7.48. The van der Waals surface area contributed by atoms with Crippen LogP contribution in [0.25, 0.3) is 0 Å². The molecule has 1 fully saturated rings. The molecule has 0 bridgehead atoms. The van der Waals surface area contributed by atoms with E-state index >= 15 is 0 Å². The molecule has 1 aliphatic heterocycles. The molecule has 20 heavy (non-hydrogen) atoms. The van der Waals surface area contributed by atoms with E-state index in [2.05, 4.69) is 24.8 Å². The van der Waals surface area contributed by atoms with Crippen molar-refractivity contribution in [3.63, 3.8) is 0 Å². The Morgan fingerprint density at radius 3 is 2.70 bits per heavy atom. The van der Waals surface area contributed by atoms with Gasteiger partial charge >= 0.3 is 0 Å². The van der Waals surface area contributed by atoms with Gasteiger partial charge in [-0.15, -0.1) is 0 Å². The number of methoxy groups -OCH3 is 1. The molecule has 0 spiro atoms. The maximum Gasteiger partial charge on any atom is 0.0991 e. The second kappa shape index (κ2) is 6.36. The zero-order valence-corrected chi connectivity index (χ0v) is 12.4. The second-order valence-corrected chi connectivity index (χ2v) is 5.93. The van der Waals surface area contributed by atoms with E-state index in [9.17, 15) is 0 Å². The summed E-state index contributed by atoms with van der Waals surface area (Å²) in [6.07, 6.45) is 0.113. The third-order valence-electron chi connectivity index (χ3n) is 3.39. The number of nitriles is 1. The minimum atomic E-state index is -0.159. The number of benzene rings is 1. The molecule has 108 valence electrons. The van der Waals surface area contributed by atoms with Gasteiger partial charge in [0.05, 0.1) is 29.9 Å². The van der Waals surface area contributed by atoms with Crippen LogP contribution in [0, 0.1) is 11.3 Å². The fourth-order valence-electron chi connectivity index (χ4n) is 2.75. The molecule has 1 aromatic carbocycles. The SMILES string of the molecule is COC[C@H]1CN(Cc2ccc(C#N)cc2)CC(C)(C)O1. The van der Waals surface area contributed by atoms with E-state index in [1.807, 2.05) is 24.3 Å². The highest BCUT2D eigenvalue weighted by molar-refractivity contribution is 5.31. The number of ether oxygens (including phenoxy) is 2. The van der Waals surface area contributed by atoms with Crippen LogP contribution in [-0.2, 0) is 16.0 Å². The maximum absolute atomic E-state index is 8.82. The van der Waals surface area contributed by atoms with Crippen LogP contribution in [0.4, 0.5) is 0 Å². The van der Waals surface area contributed by atoms with Crippen molar-refractivity contribution in [1.82, 2.24) is 4.90 Å². The summed E-state index contributed by atoms with van der Waals surface area (Å²) in [5.74, 6) is 0. The van der Waals surface area contributed by atoms with Crippen LogP contribution in [0.15, 0.2) is 24.3 Å². The molecule has 1 heterocycles. The summed E-state index contributed by atoms with van der Waals surface area (Å²) in [5.41, 5.74) is 1.76. The molecule has 0 aliphatic carbocycles. The van der Waals surface area contributed by atoms with E-state index in [1.54, 1.807) is 7.11 Å². The summed E-state index contributed by atoms with van der Waals surface area (Å²) in [5, 5.41) is 8.82. The largest absolute Gasteiger partial charge is 0.382 e. The average molecular weight is 274 g/mol. The summed E-state index contributed by atoms with van der Waals surface area (Å²) in [7, 11) is 1.70. The molecule has 1 saturated heterocycles. The molecule has 1 atom stereocenters. The number of morpholine rings is 1. The van der Waals surface area contributed by atoms with E-state index < -0.39 is 0 Å². The van der Waals surface area contributed by atoms with Gasteiger partial charge in [-0.05, 0) is 31.5 Å². The molecule has 0 amide bonds. The molecule has 0 saturated carbocycles. The highest BCUT2D eigenvalue weighted by Gasteiger charge is 2.33. The monoisotopic (exact) mass is 274 g/mol. The van der Waals surface area contributed by atoms with Crippen LogP contribution in [0.2, 0.25) is 0 Å². The number of hydrogen-bond acceptors (Lipinski definition) is 4. The first-order valence-electron chi connectivity index (χ1n) is 6.90. The van der Waals surface area contributed by atoms with E-state index in [1.165, 1.54) is 5.56 Å². The average Bonchev–Trinajstić information content (AvgIpc) is 2.38. The summed E-state index contributed by atoms with van der Waals surface area (Å²) < 4.78 is 11.2. The molecular formula is C16H22N2O2. The summed E-state index contributed by atoms with van der Waals surface area (Å²) in [6, 6.07) is 9.92. The fourth-order valence-corrected chi connectivity index (χ4v) is 2.75. The normalized spacial score (nSPS) is 22.4. The van der Waals surface area contributed by atoms with Crippen LogP contribution in [0.1, 0.15) is 25.0 Å². The number of hydrogen-bond donors (Lipinski definition) is 0. The van der Waals surface area contributed by atoms with Gasteiger partial charge < -0.3 is 9.47 Å². The van der Waals surface area contributed by atoms with E-state index in [0.717, 1.165) is 19.6 Å². The molecular weight excluding hydrogens is 252 g/mol. The van der Waals surface area contributed by atoms with Gasteiger partial charge in [-0.1, -0.05) is 12.1 Å². The lowest BCUT2D eigenvalue weighted by atomic mass is 10.0. The van der Waals surface area contributed by atoms with Crippen molar-refractivity contribution in [3.05, 3.63) is 35.4 Å². The summed E-state index contributed by atoms with van der Waals surface area (Å²) >= 11 is 0. The molecule has 4 heteroatoms. The fraction of sp³-hybridized carbons (Fsp3) is 0.562. The molecule has 0 radical (unpaired) electrons. The Bertz CT molecular complexity index is 476. The van der Waals surface area contributed by atoms with Gasteiger partial charge in [0, 0.05) is 26.7 Å². The smallest absolute Gasteiger partial charge is 0.0991 e. The Morgan fingerprint density at radius 1 is 1.40 bits per heavy atom. The first kappa shape index (κ1) is 15.0. The van der Waals surface area contributed by atoms with Crippen LogP contribution in [0.3, 0.4) is 0 Å². The molecule has 1 aliphatic rings. The van der Waals surface area contributed by atoms with Crippen molar-refractivity contribution in [3.8, 4) is 6.07 Å². The van der Waals surface area contributed by atoms with Gasteiger partial charge in [0.1, 0.15) is 0 Å². The van der Waals surface area contributed by atoms with Crippen LogP contribution < -0.4 is 0 Å². The van der Waals surface area contributed by atoms with Gasteiger partial charge in [-0.2, -0.15) is 5.26 Å². The lowest BCUT2D eigenvalue weighted by Crippen LogP contribution is -2.53. The number of nitrogens with zero attached hydrogens (tertiary/aromatic N) is 2. The minimum absolute atomic E-state index is 0.113. The Hall–Kier alpha value is -1.41. The molecule has 1 aromatic rings. The number of rotatable bonds is 4. The molecule has 0 N–H and O–H groups in total. The predicted molar refractivity (Wildman–Crippen MR) is 77.3 cm³/mol. The minimum Gasteiger partial charge on any atom is -0.382 e. The zero-order chi connectivity index (χ0) is 14.6. The van der Waals surface area contributed by atoms with Gasteiger partial charge in [-0.3, -0.25) is 4.90 Å². The van der Waals surface area contributed by atoms with E-state index in [4.69, 9.17) is 14.7 Å². The molecule has 0 aromatic heterocycles. The topological polar surface area (TPSA) is 45.5 Å². The molecule has 4 nitrogen and oxygen atoms in total. The van der Waals surface area contributed by atoms with Crippen molar-refractivity contribution < 1.29 is 9.47 Å². The Kier molecular flexibility index (Phi) is 4.77. The van der Waals surface area contributed by atoms with E-state index in [0.29, 0.717) is 12.2 Å². The van der Waals surface area contributed by atoms with Crippen molar-refractivity contribution >= 4 is 0 Å². The third-order valence-corrected chi connectivity index (χ3v) is 3.39. The molecule has 0 unspecified atom stereocenters. The lowest BCUT2D eigenvalue weighted by molar-refractivity contribution is -0.154. The van der Waals surface area contributed by atoms with Crippen LogP contribution >= 0.6 is 0 Å². The Morgan fingerprint density at radius 2 is 2.10 bits per heavy atom. The first-order valence-corrected chi connectivity index (χ1v) is 6.90. The second-order valence-electron chi connectivity index (χ2n) is 5.93. The first-order chi connectivity index (χ1) is 9.52. The highest BCUT2D eigenvalue weighted by atomic mass is 16.5. The summed E-state index contributed by atoms with van der Waals surface area (Å²) in [4.78, 5) is 2.38. The van der Waals surface area contributed by atoms with Crippen molar-refractivity contribution in [2.75, 3.05) is 26.8 Å². The third kappa shape index (κ3) is 4.04. The Balaban J connectivity index is 2.01. The van der Waals surface area contributed by atoms with Gasteiger partial charge in [0.2, 0.25) is 0 Å². The van der Waals surface area contributed by atoms with Gasteiger partial charge in [0.25, 0.3) is 0 Å². The maximum atomic E-state index is 8.82. The predicted octanol–water partition coefficient (Wildman–Crippen LogP) is 2.18. The lowest BCUT2D eigenvalue weighted by Gasteiger charge is -2.42. The highest BCUT2D eigenvalue weighted by Crippen LogP contribution is 2.22. The van der Waals surface area contributed by atoms with Crippen molar-refractivity contribution in [2.24, 2.45) is 0 Å². The van der Waals surface area contributed by atoms with Crippen molar-refractivity contribution in [2.45, 2.75) is 32.1 Å². The molecule has 2 rings (SSSR count). The van der Waals surface area contributed by atoms with Crippen LogP contribution in [-0.4, -0.2) is 43.4 Å². The zero-order valence-electron chi connectivity index (χ0n) is 12.4. The standard InChI is InChI=1S/C16H22N2O2/c1-16(2)12-18(10-15(20-16)11-19-3)9-14-6-4-13(8-17)5-7-14/h4-7,15H,9-12H2,1-3H3/t15-/m1/s1. The van der Waals surface area contributed by atoms with Gasteiger partial charge in [-0.25, -0.2) is 0 Å². The quantitative estimate of drug-likeness (QED) is 0.844. The van der Waals surface area contributed by atoms with Crippen LogP contribution in [0.5, 0.6) is 0 Å². The van der Waals surface area contributed by atoms with Crippen molar-refractivity contribution in [1.29, 1.82) is 5.26 Å². The Labute approximate surface area is 120 Å². The van der Waals surface area contributed by atoms with Gasteiger partial charge in [0.15, 0.2) is 0 Å².